The lowest BCUT2D eigenvalue weighted by atomic mass is 9.86. The number of aromatic nitrogens is 3. The second-order valence-corrected chi connectivity index (χ2v) is 13.6. The zero-order valence-electron chi connectivity index (χ0n) is 26.5. The number of cyclic esters (lactones) is 1. The van der Waals surface area contributed by atoms with Gasteiger partial charge in [-0.15, -0.1) is 11.3 Å². The lowest BCUT2D eigenvalue weighted by Crippen LogP contribution is -2.57. The third kappa shape index (κ3) is 5.38. The number of thiazole rings is 1. The van der Waals surface area contributed by atoms with E-state index in [0.29, 0.717) is 5.06 Å². The summed E-state index contributed by atoms with van der Waals surface area (Å²) in [5, 5.41) is 48.1. The van der Waals surface area contributed by atoms with Crippen LogP contribution >= 0.6 is 11.3 Å². The number of aromatic hydroxyl groups is 2. The standard InChI is InChI=1S/C29H30N8O13S/c1-34-12-2-3-13(34)6-28(5-12,24(43)44)50-33-20(16-11-51-26(30)32-16)21(40)31-15-10-48-37(22(15)41)29(25(45)46)7-17(23(42)49-29)36-8-14-4-18(38)19(39)9-35(14)27(36)47/h4,8-9,11-13,15,17,38-39H,2-3,5-7,10H2,1H3,(H2,30,32)(H,31,40)(H,43,44)(H,45,46)/b33-20-/t12?,13?,15-,17?,28?,29?/m0/s1. The number of nitrogens with two attached hydrogens (primary N) is 1. The van der Waals surface area contributed by atoms with Gasteiger partial charge in [-0.25, -0.2) is 24.2 Å². The second kappa shape index (κ2) is 11.9. The molecule has 4 unspecified atom stereocenters. The van der Waals surface area contributed by atoms with Crippen molar-refractivity contribution in [3.8, 4) is 11.5 Å². The fourth-order valence-corrected chi connectivity index (χ4v) is 7.57. The minimum atomic E-state index is -2.78. The zero-order valence-corrected chi connectivity index (χ0v) is 27.3. The Labute approximate surface area is 289 Å². The number of amides is 2. The molecule has 3 aromatic rings. The Hall–Kier alpha value is -5.74. The molecule has 2 amide bonds. The van der Waals surface area contributed by atoms with Gasteiger partial charge in [-0.3, -0.25) is 23.4 Å². The first-order chi connectivity index (χ1) is 24.1. The van der Waals surface area contributed by atoms with Gasteiger partial charge in [0.05, 0.1) is 18.1 Å². The van der Waals surface area contributed by atoms with Crippen LogP contribution in [0.2, 0.25) is 0 Å². The number of nitrogens with one attached hydrogen (secondary N) is 1. The van der Waals surface area contributed by atoms with Crippen LogP contribution in [-0.2, 0) is 38.4 Å². The van der Waals surface area contributed by atoms with E-state index in [-0.39, 0.29) is 41.3 Å². The van der Waals surface area contributed by atoms with Crippen LogP contribution in [0, 0.1) is 0 Å². The van der Waals surface area contributed by atoms with Crippen molar-refractivity contribution in [3.05, 3.63) is 40.0 Å². The van der Waals surface area contributed by atoms with Crippen LogP contribution in [0.1, 0.15) is 43.8 Å². The maximum absolute atomic E-state index is 13.6. The number of esters is 1. The van der Waals surface area contributed by atoms with Gasteiger partial charge in [-0.05, 0) is 19.9 Å². The van der Waals surface area contributed by atoms with Crippen LogP contribution in [0.15, 0.2) is 33.8 Å². The molecule has 3 aromatic heterocycles. The second-order valence-electron chi connectivity index (χ2n) is 12.7. The van der Waals surface area contributed by atoms with Crippen molar-refractivity contribution in [2.24, 2.45) is 5.16 Å². The van der Waals surface area contributed by atoms with E-state index in [9.17, 15) is 49.2 Å². The summed E-state index contributed by atoms with van der Waals surface area (Å²) in [7, 11) is 1.90. The molecule has 4 aliphatic rings. The Bertz CT molecular complexity index is 2080. The van der Waals surface area contributed by atoms with Gasteiger partial charge in [-0.2, -0.15) is 5.06 Å². The highest BCUT2D eigenvalue weighted by molar-refractivity contribution is 7.13. The molecular weight excluding hydrogens is 700 g/mol. The van der Waals surface area contributed by atoms with Crippen LogP contribution in [-0.4, -0.2) is 123 Å². The number of oxime groups is 1. The first kappa shape index (κ1) is 33.7. The normalized spacial score (nSPS) is 29.4. The van der Waals surface area contributed by atoms with Gasteiger partial charge in [0.1, 0.15) is 24.4 Å². The Kier molecular flexibility index (Phi) is 7.91. The van der Waals surface area contributed by atoms with Crippen molar-refractivity contribution >= 4 is 57.4 Å². The number of piperidine rings is 1. The SMILES string of the molecule is CN1C2CCC1CC(O/N=C(\C(=O)N[C@H]1CON(C3(C(=O)O)CC(n4cc5cc(O)c(O)cn5c4=O)C(=O)O3)C1=O)c1csc(N)n1)(C(=O)O)C2. The molecular formula is C29H30N8O13S. The Morgan fingerprint density at radius 3 is 2.41 bits per heavy atom. The van der Waals surface area contributed by atoms with Gasteiger partial charge in [0.2, 0.25) is 5.60 Å². The molecule has 7 heterocycles. The number of carboxylic acids is 2. The molecule has 4 fully saturated rings. The molecule has 4 aliphatic heterocycles. The number of carbonyl (C=O) groups is 5. The molecule has 21 nitrogen and oxygen atoms in total. The van der Waals surface area contributed by atoms with E-state index in [4.69, 9.17) is 20.1 Å². The van der Waals surface area contributed by atoms with Crippen molar-refractivity contribution in [3.63, 3.8) is 0 Å². The molecule has 7 N–H and O–H groups in total. The largest absolute Gasteiger partial charge is 0.504 e. The molecule has 51 heavy (non-hydrogen) atoms. The third-order valence-electron chi connectivity index (χ3n) is 9.76. The molecule has 270 valence electrons. The first-order valence-electron chi connectivity index (χ1n) is 15.5. The number of pyridine rings is 1. The number of fused-ring (bicyclic) bond motifs is 3. The molecule has 4 saturated heterocycles. The monoisotopic (exact) mass is 730 g/mol. The number of imidazole rings is 1. The number of hydrogen-bond donors (Lipinski definition) is 6. The predicted octanol–water partition coefficient (Wildman–Crippen LogP) is -1.42. The van der Waals surface area contributed by atoms with Gasteiger partial charge < -0.3 is 46.0 Å². The summed E-state index contributed by atoms with van der Waals surface area (Å²) in [6.45, 7) is -0.626. The summed E-state index contributed by atoms with van der Waals surface area (Å²) in [5.41, 5.74) is -0.199. The Morgan fingerprint density at radius 1 is 1.08 bits per heavy atom. The van der Waals surface area contributed by atoms with Crippen LogP contribution in [0.25, 0.3) is 5.52 Å². The molecule has 0 aromatic carbocycles. The van der Waals surface area contributed by atoms with Crippen LogP contribution in [0.3, 0.4) is 0 Å². The van der Waals surface area contributed by atoms with Gasteiger partial charge in [-0.1, -0.05) is 5.16 Å². The summed E-state index contributed by atoms with van der Waals surface area (Å²) >= 11 is 0.956. The Morgan fingerprint density at radius 2 is 1.78 bits per heavy atom. The highest BCUT2D eigenvalue weighted by atomic mass is 32.1. The molecule has 2 bridgehead atoms. The van der Waals surface area contributed by atoms with Crippen molar-refractivity contribution in [1.29, 1.82) is 0 Å². The third-order valence-corrected chi connectivity index (χ3v) is 10.4. The number of hydroxylamine groups is 2. The van der Waals surface area contributed by atoms with Crippen LogP contribution in [0.4, 0.5) is 5.13 Å². The van der Waals surface area contributed by atoms with Gasteiger partial charge in [0, 0.05) is 42.6 Å². The fraction of sp³-hybridized carbons (Fsp3) is 0.448. The minimum Gasteiger partial charge on any atom is -0.504 e. The van der Waals surface area contributed by atoms with Crippen LogP contribution in [0.5, 0.6) is 11.5 Å². The summed E-state index contributed by atoms with van der Waals surface area (Å²) in [6.07, 6.45) is 2.95. The molecule has 0 spiro atoms. The average molecular weight is 731 g/mol. The molecule has 7 rings (SSSR count). The van der Waals surface area contributed by atoms with E-state index in [1.807, 2.05) is 7.05 Å². The number of carbonyl (C=O) groups excluding carboxylic acids is 3. The van der Waals surface area contributed by atoms with E-state index in [0.717, 1.165) is 51.6 Å². The number of anilines is 1. The first-order valence-corrected chi connectivity index (χ1v) is 16.3. The quantitative estimate of drug-likeness (QED) is 0.0836. The number of ether oxygens (including phenoxy) is 1. The topological polar surface area (TPSA) is 290 Å². The van der Waals surface area contributed by atoms with Gasteiger partial charge >= 0.3 is 29.3 Å². The number of aliphatic carboxylic acids is 2. The molecule has 22 heteroatoms. The summed E-state index contributed by atoms with van der Waals surface area (Å²) in [4.78, 5) is 95.7. The minimum absolute atomic E-state index is 0.0482. The maximum atomic E-state index is 13.6. The predicted molar refractivity (Wildman–Crippen MR) is 168 cm³/mol. The van der Waals surface area contributed by atoms with Crippen LogP contribution < -0.4 is 16.7 Å². The highest BCUT2D eigenvalue weighted by Crippen LogP contribution is 2.43. The average Bonchev–Trinajstić information content (AvgIpc) is 3.86. The van der Waals surface area contributed by atoms with E-state index >= 15 is 0 Å². The lowest BCUT2D eigenvalue weighted by molar-refractivity contribution is -0.256. The number of nitrogen functional groups attached to an aromatic ring is 1. The number of hydrogen-bond acceptors (Lipinski definition) is 16. The summed E-state index contributed by atoms with van der Waals surface area (Å²) < 4.78 is 6.93. The maximum Gasteiger partial charge on any atom is 0.372 e. The molecule has 5 atom stereocenters. The summed E-state index contributed by atoms with van der Waals surface area (Å²) in [5.74, 6) is -7.70. The van der Waals surface area contributed by atoms with Crippen molar-refractivity contribution in [2.75, 3.05) is 19.4 Å². The van der Waals surface area contributed by atoms with Gasteiger partial charge in [0.25, 0.3) is 11.8 Å². The number of nitrogens with zero attached hydrogens (tertiary/aromatic N) is 6. The van der Waals surface area contributed by atoms with Crippen molar-refractivity contribution < 1.29 is 58.8 Å². The highest BCUT2D eigenvalue weighted by Gasteiger charge is 2.63. The number of carboxylic acid groups (broad SMARTS) is 2. The van der Waals surface area contributed by atoms with E-state index in [1.54, 1.807) is 0 Å². The lowest BCUT2D eigenvalue weighted by Gasteiger charge is -2.40. The molecule has 0 saturated carbocycles. The zero-order chi connectivity index (χ0) is 36.6. The van der Waals surface area contributed by atoms with Crippen molar-refractivity contribution in [2.45, 2.75) is 67.6 Å². The fourth-order valence-electron chi connectivity index (χ4n) is 7.02. The van der Waals surface area contributed by atoms with E-state index < -0.39 is 89.1 Å². The van der Waals surface area contributed by atoms with E-state index in [1.165, 1.54) is 5.38 Å². The van der Waals surface area contributed by atoms with Crippen molar-refractivity contribution in [1.82, 2.24) is 29.2 Å². The van der Waals surface area contributed by atoms with E-state index in [2.05, 4.69) is 20.4 Å². The van der Waals surface area contributed by atoms with Gasteiger partial charge in [0.15, 0.2) is 22.3 Å². The Balaban J connectivity index is 1.12. The smallest absolute Gasteiger partial charge is 0.372 e. The summed E-state index contributed by atoms with van der Waals surface area (Å²) in [6, 6.07) is -2.27. The molecule has 0 radical (unpaired) electrons. The number of rotatable bonds is 9. The molecule has 0 aliphatic carbocycles.